The van der Waals surface area contributed by atoms with Crippen molar-refractivity contribution in [3.63, 3.8) is 0 Å². The van der Waals surface area contributed by atoms with Crippen LogP contribution in [0.1, 0.15) is 39.5 Å². The number of hydrogen-bond acceptors (Lipinski definition) is 3. The largest absolute Gasteiger partial charge is 0.550 e. The number of methoxy groups -OCH3 is 1. The van der Waals surface area contributed by atoms with Gasteiger partial charge in [-0.3, -0.25) is 4.79 Å². The Balaban J connectivity index is 4.52. The van der Waals surface area contributed by atoms with Gasteiger partial charge in [-0.15, -0.1) is 0 Å². The van der Waals surface area contributed by atoms with Crippen molar-refractivity contribution in [3.8, 4) is 0 Å². The minimum atomic E-state index is -1.54. The van der Waals surface area contributed by atoms with Crippen LogP contribution in [-0.4, -0.2) is 21.4 Å². The van der Waals surface area contributed by atoms with Crippen LogP contribution in [0, 0.1) is 11.8 Å². The van der Waals surface area contributed by atoms with E-state index >= 15 is 0 Å². The summed E-state index contributed by atoms with van der Waals surface area (Å²) in [4.78, 5) is 11.7. The summed E-state index contributed by atoms with van der Waals surface area (Å²) in [6.07, 6.45) is 8.37. The normalized spacial score (nSPS) is 15.3. The van der Waals surface area contributed by atoms with Crippen LogP contribution in [0.3, 0.4) is 0 Å². The van der Waals surface area contributed by atoms with Crippen LogP contribution in [0.4, 0.5) is 0 Å². The van der Waals surface area contributed by atoms with Crippen molar-refractivity contribution in [1.29, 1.82) is 0 Å². The minimum Gasteiger partial charge on any atom is -0.550 e. The van der Waals surface area contributed by atoms with E-state index in [2.05, 4.69) is 26.6 Å². The third kappa shape index (κ3) is 8.86. The van der Waals surface area contributed by atoms with Crippen molar-refractivity contribution >= 4 is 14.3 Å². The maximum Gasteiger partial charge on any atom is 0.308 e. The van der Waals surface area contributed by atoms with Crippen molar-refractivity contribution in [2.45, 2.75) is 59.2 Å². The monoisotopic (exact) mass is 286 g/mol. The van der Waals surface area contributed by atoms with Gasteiger partial charge in [0, 0.05) is 0 Å². The number of rotatable bonds is 9. The molecule has 0 aromatic carbocycles. The van der Waals surface area contributed by atoms with E-state index in [-0.39, 0.29) is 17.8 Å². The molecule has 0 radical (unpaired) electrons. The molecule has 0 aliphatic rings. The molecule has 2 unspecified atom stereocenters. The fourth-order valence-corrected chi connectivity index (χ4v) is 2.33. The lowest BCUT2D eigenvalue weighted by Gasteiger charge is -2.20. The zero-order valence-corrected chi connectivity index (χ0v) is 14.4. The van der Waals surface area contributed by atoms with Crippen LogP contribution in [0.25, 0.3) is 0 Å². The average Bonchev–Trinajstić information content (AvgIpc) is 2.34. The molecular weight excluding hydrogens is 256 g/mol. The minimum absolute atomic E-state index is 0.108. The first-order chi connectivity index (χ1) is 8.81. The Morgan fingerprint density at radius 2 is 1.89 bits per heavy atom. The third-order valence-corrected chi connectivity index (χ3v) is 3.95. The van der Waals surface area contributed by atoms with E-state index in [4.69, 9.17) is 9.16 Å². The van der Waals surface area contributed by atoms with Gasteiger partial charge in [0.05, 0.1) is 19.3 Å². The molecule has 0 aromatic heterocycles. The summed E-state index contributed by atoms with van der Waals surface area (Å²) in [6, 6.07) is 0. The second-order valence-electron chi connectivity index (χ2n) is 6.03. The molecule has 2 atom stereocenters. The first-order valence-corrected chi connectivity index (χ1v) is 10.6. The number of allylic oxidation sites excluding steroid dienone is 1. The van der Waals surface area contributed by atoms with Crippen LogP contribution in [0.2, 0.25) is 19.6 Å². The second-order valence-corrected chi connectivity index (χ2v) is 10.5. The highest BCUT2D eigenvalue weighted by Gasteiger charge is 2.22. The molecule has 0 aliphatic heterocycles. The molecule has 112 valence electrons. The lowest BCUT2D eigenvalue weighted by Crippen LogP contribution is -2.23. The molecule has 0 amide bonds. The number of unbranched alkanes of at least 4 members (excludes halogenated alkanes) is 2. The Morgan fingerprint density at radius 1 is 1.26 bits per heavy atom. The van der Waals surface area contributed by atoms with Crippen LogP contribution in [0.5, 0.6) is 0 Å². The molecule has 0 spiro atoms. The number of ether oxygens (including phenoxy) is 1. The molecule has 0 saturated carbocycles. The summed E-state index contributed by atoms with van der Waals surface area (Å²) in [5.41, 5.74) is 0. The van der Waals surface area contributed by atoms with Crippen LogP contribution >= 0.6 is 0 Å². The van der Waals surface area contributed by atoms with E-state index in [1.807, 2.05) is 13.0 Å². The fourth-order valence-electron chi connectivity index (χ4n) is 1.85. The fraction of sp³-hybridized carbons (Fsp3) is 0.800. The molecule has 0 fully saturated rings. The van der Waals surface area contributed by atoms with Gasteiger partial charge in [-0.05, 0) is 38.1 Å². The van der Waals surface area contributed by atoms with Gasteiger partial charge in [-0.25, -0.2) is 0 Å². The quantitative estimate of drug-likeness (QED) is 0.273. The molecule has 3 nitrogen and oxygen atoms in total. The van der Waals surface area contributed by atoms with Crippen molar-refractivity contribution in [2.75, 3.05) is 7.11 Å². The van der Waals surface area contributed by atoms with Gasteiger partial charge in [-0.1, -0.05) is 33.1 Å². The molecule has 19 heavy (non-hydrogen) atoms. The highest BCUT2D eigenvalue weighted by Crippen LogP contribution is 2.22. The first-order valence-electron chi connectivity index (χ1n) is 7.24. The highest BCUT2D eigenvalue weighted by molar-refractivity contribution is 6.69. The van der Waals surface area contributed by atoms with E-state index in [0.29, 0.717) is 0 Å². The summed E-state index contributed by atoms with van der Waals surface area (Å²) < 4.78 is 10.6. The van der Waals surface area contributed by atoms with E-state index < -0.39 is 8.32 Å². The molecule has 0 rings (SSSR count). The number of esters is 1. The molecule has 4 heteroatoms. The topological polar surface area (TPSA) is 35.5 Å². The summed E-state index contributed by atoms with van der Waals surface area (Å²) in [7, 11) is -0.0868. The Morgan fingerprint density at radius 3 is 2.37 bits per heavy atom. The third-order valence-electron chi connectivity index (χ3n) is 3.10. The van der Waals surface area contributed by atoms with Crippen LogP contribution in [-0.2, 0) is 14.0 Å². The lowest BCUT2D eigenvalue weighted by molar-refractivity contribution is -0.146. The van der Waals surface area contributed by atoms with Gasteiger partial charge in [0.2, 0.25) is 8.32 Å². The SMILES string of the molecule is CCCCCC(/C=C/O[Si](C)(C)C)C(C)C(=O)OC. The molecular formula is C15H30O3Si. The van der Waals surface area contributed by atoms with Gasteiger partial charge in [0.25, 0.3) is 0 Å². The van der Waals surface area contributed by atoms with Gasteiger partial charge >= 0.3 is 5.97 Å². The maximum atomic E-state index is 11.7. The predicted octanol–water partition coefficient (Wildman–Crippen LogP) is 4.36. The Hall–Kier alpha value is -0.773. The number of carbonyl (C=O) groups is 1. The highest BCUT2D eigenvalue weighted by atomic mass is 28.4. The maximum absolute atomic E-state index is 11.7. The summed E-state index contributed by atoms with van der Waals surface area (Å²) in [6.45, 7) is 10.6. The Labute approximate surface area is 119 Å². The molecule has 0 bridgehead atoms. The predicted molar refractivity (Wildman–Crippen MR) is 82.4 cm³/mol. The van der Waals surface area contributed by atoms with Crippen molar-refractivity contribution in [2.24, 2.45) is 11.8 Å². The Kier molecular flexibility index (Phi) is 8.81. The van der Waals surface area contributed by atoms with Gasteiger partial charge in [0.15, 0.2) is 0 Å². The standard InChI is InChI=1S/C15H30O3Si/c1-7-8-9-10-14(13(2)15(16)17-3)11-12-18-19(4,5)6/h11-14H,7-10H2,1-6H3/b12-11+. The van der Waals surface area contributed by atoms with E-state index in [1.54, 1.807) is 6.26 Å². The van der Waals surface area contributed by atoms with E-state index in [9.17, 15) is 4.79 Å². The van der Waals surface area contributed by atoms with E-state index in [0.717, 1.165) is 12.8 Å². The van der Waals surface area contributed by atoms with Gasteiger partial charge < -0.3 is 9.16 Å². The molecule has 0 heterocycles. The van der Waals surface area contributed by atoms with Gasteiger partial charge in [-0.2, -0.15) is 0 Å². The molecule has 0 N–H and O–H groups in total. The summed E-state index contributed by atoms with van der Waals surface area (Å²) in [5.74, 6) is -0.0437. The zero-order valence-electron chi connectivity index (χ0n) is 13.4. The number of carbonyl (C=O) groups excluding carboxylic acids is 1. The Bertz CT molecular complexity index is 282. The number of hydrogen-bond donors (Lipinski definition) is 0. The van der Waals surface area contributed by atoms with E-state index in [1.165, 1.54) is 20.0 Å². The van der Waals surface area contributed by atoms with Crippen LogP contribution < -0.4 is 0 Å². The first kappa shape index (κ1) is 18.2. The molecule has 0 aromatic rings. The summed E-state index contributed by atoms with van der Waals surface area (Å²) >= 11 is 0. The second kappa shape index (κ2) is 9.18. The average molecular weight is 286 g/mol. The van der Waals surface area contributed by atoms with Crippen LogP contribution in [0.15, 0.2) is 12.3 Å². The molecule has 0 saturated heterocycles. The summed E-state index contributed by atoms with van der Waals surface area (Å²) in [5, 5.41) is 0. The van der Waals surface area contributed by atoms with Crippen molar-refractivity contribution < 1.29 is 14.0 Å². The lowest BCUT2D eigenvalue weighted by atomic mass is 9.89. The van der Waals surface area contributed by atoms with Gasteiger partial charge in [0.1, 0.15) is 0 Å². The zero-order chi connectivity index (χ0) is 14.9. The smallest absolute Gasteiger partial charge is 0.308 e. The van der Waals surface area contributed by atoms with Crippen molar-refractivity contribution in [1.82, 2.24) is 0 Å². The van der Waals surface area contributed by atoms with Crippen molar-refractivity contribution in [3.05, 3.63) is 12.3 Å². The molecule has 0 aliphatic carbocycles.